The van der Waals surface area contributed by atoms with Crippen molar-refractivity contribution < 1.29 is 4.74 Å². The second-order valence-corrected chi connectivity index (χ2v) is 3.70. The molecule has 0 bridgehead atoms. The SMILES string of the molecule is COc1ccc(C#N)c(N2CC=CCC2)c1. The Morgan fingerprint density at radius 1 is 1.38 bits per heavy atom. The lowest BCUT2D eigenvalue weighted by Crippen LogP contribution is -2.27. The highest BCUT2D eigenvalue weighted by atomic mass is 16.5. The zero-order chi connectivity index (χ0) is 11.4. The lowest BCUT2D eigenvalue weighted by molar-refractivity contribution is 0.414. The number of hydrogen-bond acceptors (Lipinski definition) is 3. The van der Waals surface area contributed by atoms with Crippen LogP contribution in [0, 0.1) is 11.3 Å². The molecule has 16 heavy (non-hydrogen) atoms. The number of methoxy groups -OCH3 is 1. The van der Waals surface area contributed by atoms with E-state index in [1.54, 1.807) is 7.11 Å². The topological polar surface area (TPSA) is 36.3 Å². The summed E-state index contributed by atoms with van der Waals surface area (Å²) < 4.78 is 5.19. The number of hydrogen-bond donors (Lipinski definition) is 0. The first-order chi connectivity index (χ1) is 7.85. The van der Waals surface area contributed by atoms with E-state index in [0.29, 0.717) is 5.56 Å². The van der Waals surface area contributed by atoms with Gasteiger partial charge >= 0.3 is 0 Å². The van der Waals surface area contributed by atoms with Gasteiger partial charge in [-0.1, -0.05) is 12.2 Å². The standard InChI is InChI=1S/C13H14N2O/c1-16-12-6-5-11(10-14)13(9-12)15-7-3-2-4-8-15/h2-3,5-6,9H,4,7-8H2,1H3. The summed E-state index contributed by atoms with van der Waals surface area (Å²) in [6, 6.07) is 7.78. The van der Waals surface area contributed by atoms with Crippen LogP contribution in [0.4, 0.5) is 5.69 Å². The van der Waals surface area contributed by atoms with E-state index in [-0.39, 0.29) is 0 Å². The Bertz CT molecular complexity index is 446. The fraction of sp³-hybridized carbons (Fsp3) is 0.308. The van der Waals surface area contributed by atoms with Crippen LogP contribution in [-0.2, 0) is 0 Å². The molecule has 0 unspecified atom stereocenters. The highest BCUT2D eigenvalue weighted by Crippen LogP contribution is 2.26. The third kappa shape index (κ3) is 2.01. The minimum atomic E-state index is 0.705. The molecule has 0 N–H and O–H groups in total. The van der Waals surface area contributed by atoms with Crippen molar-refractivity contribution in [3.63, 3.8) is 0 Å². The van der Waals surface area contributed by atoms with Crippen LogP contribution in [0.1, 0.15) is 12.0 Å². The summed E-state index contributed by atoms with van der Waals surface area (Å²) in [4.78, 5) is 2.20. The molecule has 0 fully saturated rings. The predicted octanol–water partition coefficient (Wildman–Crippen LogP) is 2.33. The molecular formula is C13H14N2O. The number of nitriles is 1. The molecule has 1 aliphatic rings. The zero-order valence-electron chi connectivity index (χ0n) is 9.31. The van der Waals surface area contributed by atoms with Gasteiger partial charge in [0.15, 0.2) is 0 Å². The van der Waals surface area contributed by atoms with E-state index in [2.05, 4.69) is 23.1 Å². The number of rotatable bonds is 2. The first-order valence-electron chi connectivity index (χ1n) is 5.33. The van der Waals surface area contributed by atoms with Crippen molar-refractivity contribution in [2.45, 2.75) is 6.42 Å². The fourth-order valence-corrected chi connectivity index (χ4v) is 1.85. The largest absolute Gasteiger partial charge is 0.497 e. The quantitative estimate of drug-likeness (QED) is 0.709. The Balaban J connectivity index is 2.36. The summed E-state index contributed by atoms with van der Waals surface area (Å²) >= 11 is 0. The number of ether oxygens (including phenoxy) is 1. The molecule has 0 amide bonds. The molecule has 1 heterocycles. The lowest BCUT2D eigenvalue weighted by Gasteiger charge is -2.26. The van der Waals surface area contributed by atoms with Crippen molar-refractivity contribution in [2.75, 3.05) is 25.1 Å². The normalized spacial score (nSPS) is 14.6. The van der Waals surface area contributed by atoms with Crippen LogP contribution in [0.3, 0.4) is 0 Å². The van der Waals surface area contributed by atoms with E-state index in [4.69, 9.17) is 10.00 Å². The van der Waals surface area contributed by atoms with Crippen LogP contribution in [0.5, 0.6) is 5.75 Å². The Morgan fingerprint density at radius 3 is 2.88 bits per heavy atom. The first kappa shape index (κ1) is 10.6. The Kier molecular flexibility index (Phi) is 3.11. The van der Waals surface area contributed by atoms with E-state index in [1.807, 2.05) is 18.2 Å². The fourth-order valence-electron chi connectivity index (χ4n) is 1.85. The van der Waals surface area contributed by atoms with Crippen LogP contribution in [0.25, 0.3) is 0 Å². The van der Waals surface area contributed by atoms with Crippen LogP contribution >= 0.6 is 0 Å². The van der Waals surface area contributed by atoms with Crippen molar-refractivity contribution in [2.24, 2.45) is 0 Å². The third-order valence-corrected chi connectivity index (χ3v) is 2.72. The molecule has 2 rings (SSSR count). The summed E-state index contributed by atoms with van der Waals surface area (Å²) in [7, 11) is 1.64. The van der Waals surface area contributed by atoms with Gasteiger partial charge in [0.2, 0.25) is 0 Å². The van der Waals surface area contributed by atoms with Crippen LogP contribution < -0.4 is 9.64 Å². The average molecular weight is 214 g/mol. The summed E-state index contributed by atoms with van der Waals surface area (Å²) in [6.07, 6.45) is 5.33. The predicted molar refractivity (Wildman–Crippen MR) is 63.7 cm³/mol. The van der Waals surface area contributed by atoms with Gasteiger partial charge in [-0.3, -0.25) is 0 Å². The number of benzene rings is 1. The maximum absolute atomic E-state index is 9.08. The average Bonchev–Trinajstić information content (AvgIpc) is 2.39. The molecule has 0 saturated carbocycles. The van der Waals surface area contributed by atoms with E-state index >= 15 is 0 Å². The molecule has 0 aromatic heterocycles. The monoisotopic (exact) mass is 214 g/mol. The van der Waals surface area contributed by atoms with Gasteiger partial charge in [0, 0.05) is 19.2 Å². The van der Waals surface area contributed by atoms with E-state index in [0.717, 1.165) is 30.9 Å². The van der Waals surface area contributed by atoms with Gasteiger partial charge in [0.1, 0.15) is 11.8 Å². The second kappa shape index (κ2) is 4.71. The molecule has 3 nitrogen and oxygen atoms in total. The Labute approximate surface area is 95.6 Å². The van der Waals surface area contributed by atoms with Gasteiger partial charge in [-0.2, -0.15) is 5.26 Å². The van der Waals surface area contributed by atoms with Gasteiger partial charge in [-0.15, -0.1) is 0 Å². The Morgan fingerprint density at radius 2 is 2.25 bits per heavy atom. The molecule has 0 spiro atoms. The van der Waals surface area contributed by atoms with E-state index in [1.165, 1.54) is 0 Å². The summed E-state index contributed by atoms with van der Waals surface area (Å²) in [5, 5.41) is 9.08. The maximum Gasteiger partial charge on any atom is 0.121 e. The molecule has 82 valence electrons. The van der Waals surface area contributed by atoms with Gasteiger partial charge in [0.25, 0.3) is 0 Å². The molecular weight excluding hydrogens is 200 g/mol. The van der Waals surface area contributed by atoms with Crippen LogP contribution in [-0.4, -0.2) is 20.2 Å². The first-order valence-corrected chi connectivity index (χ1v) is 5.33. The van der Waals surface area contributed by atoms with Crippen LogP contribution in [0.2, 0.25) is 0 Å². The van der Waals surface area contributed by atoms with Crippen molar-refractivity contribution >= 4 is 5.69 Å². The summed E-state index contributed by atoms with van der Waals surface area (Å²) in [5.41, 5.74) is 1.67. The molecule has 0 atom stereocenters. The molecule has 1 aliphatic heterocycles. The molecule has 3 heteroatoms. The van der Waals surface area contributed by atoms with Crippen molar-refractivity contribution in [3.05, 3.63) is 35.9 Å². The number of anilines is 1. The van der Waals surface area contributed by atoms with Gasteiger partial charge in [-0.05, 0) is 18.6 Å². The molecule has 0 aliphatic carbocycles. The second-order valence-electron chi connectivity index (χ2n) is 3.70. The van der Waals surface area contributed by atoms with Crippen molar-refractivity contribution in [1.29, 1.82) is 5.26 Å². The molecule has 0 saturated heterocycles. The van der Waals surface area contributed by atoms with E-state index < -0.39 is 0 Å². The lowest BCUT2D eigenvalue weighted by atomic mass is 10.1. The highest BCUT2D eigenvalue weighted by Gasteiger charge is 2.12. The Hall–Kier alpha value is -1.95. The van der Waals surface area contributed by atoms with E-state index in [9.17, 15) is 0 Å². The minimum Gasteiger partial charge on any atom is -0.497 e. The summed E-state index contributed by atoms with van der Waals surface area (Å²) in [6.45, 7) is 1.82. The maximum atomic E-state index is 9.08. The zero-order valence-corrected chi connectivity index (χ0v) is 9.31. The number of nitrogens with zero attached hydrogens (tertiary/aromatic N) is 2. The van der Waals surface area contributed by atoms with Crippen molar-refractivity contribution in [3.8, 4) is 11.8 Å². The van der Waals surface area contributed by atoms with Crippen LogP contribution in [0.15, 0.2) is 30.4 Å². The molecule has 1 aromatic rings. The van der Waals surface area contributed by atoms with Crippen molar-refractivity contribution in [1.82, 2.24) is 0 Å². The minimum absolute atomic E-state index is 0.705. The van der Waals surface area contributed by atoms with Gasteiger partial charge in [0.05, 0.1) is 18.4 Å². The summed E-state index contributed by atoms with van der Waals surface area (Å²) in [5.74, 6) is 0.795. The van der Waals surface area contributed by atoms with Gasteiger partial charge in [-0.25, -0.2) is 0 Å². The molecule has 0 radical (unpaired) electrons. The molecule has 1 aromatic carbocycles. The smallest absolute Gasteiger partial charge is 0.121 e. The van der Waals surface area contributed by atoms with Gasteiger partial charge < -0.3 is 9.64 Å². The highest BCUT2D eigenvalue weighted by molar-refractivity contribution is 5.62. The third-order valence-electron chi connectivity index (χ3n) is 2.72.